The molecule has 0 bridgehead atoms. The molecule has 0 radical (unpaired) electrons. The van der Waals surface area contributed by atoms with Gasteiger partial charge in [-0.1, -0.05) is 32.1 Å². The standard InChI is InChI=1S/C12H16F6O/c13-11(14,15)10(12(16,17)18)9(19)7-6-8-4-2-1-3-5-8/h8,10H,1-7H2. The highest BCUT2D eigenvalue weighted by Crippen LogP contribution is 2.41. The summed E-state index contributed by atoms with van der Waals surface area (Å²) in [5, 5.41) is 0. The average Bonchev–Trinajstić information content (AvgIpc) is 2.24. The third-order valence-corrected chi connectivity index (χ3v) is 3.50. The number of carbonyl (C=O) groups excluding carboxylic acids is 1. The fourth-order valence-electron chi connectivity index (χ4n) is 2.52. The number of ketones is 1. The van der Waals surface area contributed by atoms with E-state index in [0.29, 0.717) is 0 Å². The minimum atomic E-state index is -5.55. The molecule has 0 atom stereocenters. The molecule has 1 aliphatic rings. The Kier molecular flexibility index (Phi) is 5.26. The van der Waals surface area contributed by atoms with E-state index in [4.69, 9.17) is 0 Å². The zero-order chi connectivity index (χ0) is 14.7. The van der Waals surface area contributed by atoms with Crippen molar-refractivity contribution in [3.63, 3.8) is 0 Å². The van der Waals surface area contributed by atoms with Gasteiger partial charge in [-0.2, -0.15) is 26.3 Å². The molecule has 0 aromatic rings. The van der Waals surface area contributed by atoms with Gasteiger partial charge in [-0.15, -0.1) is 0 Å². The third kappa shape index (κ3) is 5.03. The lowest BCUT2D eigenvalue weighted by molar-refractivity contribution is -0.273. The number of carbonyl (C=O) groups is 1. The van der Waals surface area contributed by atoms with Gasteiger partial charge in [-0.3, -0.25) is 4.79 Å². The molecular weight excluding hydrogens is 274 g/mol. The molecule has 19 heavy (non-hydrogen) atoms. The quantitative estimate of drug-likeness (QED) is 0.688. The van der Waals surface area contributed by atoms with Gasteiger partial charge >= 0.3 is 12.4 Å². The summed E-state index contributed by atoms with van der Waals surface area (Å²) >= 11 is 0. The molecule has 1 rings (SSSR count). The smallest absolute Gasteiger partial charge is 0.299 e. The van der Waals surface area contributed by atoms with Gasteiger partial charge in [-0.25, -0.2) is 0 Å². The van der Waals surface area contributed by atoms with Crippen LogP contribution in [0.5, 0.6) is 0 Å². The summed E-state index contributed by atoms with van der Waals surface area (Å²) in [6.45, 7) is 0. The van der Waals surface area contributed by atoms with E-state index in [0.717, 1.165) is 32.1 Å². The monoisotopic (exact) mass is 290 g/mol. The molecule has 1 fully saturated rings. The van der Waals surface area contributed by atoms with E-state index in [1.54, 1.807) is 0 Å². The second-order valence-electron chi connectivity index (χ2n) is 5.03. The van der Waals surface area contributed by atoms with Gasteiger partial charge in [0.05, 0.1) is 0 Å². The highest BCUT2D eigenvalue weighted by atomic mass is 19.4. The van der Waals surface area contributed by atoms with Gasteiger partial charge < -0.3 is 0 Å². The van der Waals surface area contributed by atoms with Crippen molar-refractivity contribution in [3.05, 3.63) is 0 Å². The van der Waals surface area contributed by atoms with Crippen LogP contribution in [-0.2, 0) is 4.79 Å². The molecule has 1 aliphatic carbocycles. The number of alkyl halides is 6. The van der Waals surface area contributed by atoms with E-state index in [-0.39, 0.29) is 12.3 Å². The number of rotatable bonds is 4. The van der Waals surface area contributed by atoms with Crippen LogP contribution in [0.4, 0.5) is 26.3 Å². The van der Waals surface area contributed by atoms with Crippen molar-refractivity contribution in [2.24, 2.45) is 11.8 Å². The number of hydrogen-bond donors (Lipinski definition) is 0. The van der Waals surface area contributed by atoms with Crippen LogP contribution in [0.3, 0.4) is 0 Å². The van der Waals surface area contributed by atoms with E-state index in [1.807, 2.05) is 0 Å². The van der Waals surface area contributed by atoms with Crippen LogP contribution in [0.1, 0.15) is 44.9 Å². The van der Waals surface area contributed by atoms with E-state index in [2.05, 4.69) is 0 Å². The first kappa shape index (κ1) is 16.3. The molecule has 0 spiro atoms. The van der Waals surface area contributed by atoms with Crippen LogP contribution >= 0.6 is 0 Å². The van der Waals surface area contributed by atoms with Gasteiger partial charge in [0.15, 0.2) is 5.78 Å². The van der Waals surface area contributed by atoms with Crippen molar-refractivity contribution in [1.82, 2.24) is 0 Å². The topological polar surface area (TPSA) is 17.1 Å². The van der Waals surface area contributed by atoms with E-state index < -0.39 is 30.5 Å². The first-order valence-electron chi connectivity index (χ1n) is 6.28. The molecule has 112 valence electrons. The van der Waals surface area contributed by atoms with Crippen molar-refractivity contribution in [1.29, 1.82) is 0 Å². The molecule has 1 nitrogen and oxygen atoms in total. The average molecular weight is 290 g/mol. The van der Waals surface area contributed by atoms with Crippen LogP contribution in [0, 0.1) is 11.8 Å². The molecule has 0 unspecified atom stereocenters. The molecule has 0 aromatic carbocycles. The van der Waals surface area contributed by atoms with Crippen molar-refractivity contribution in [3.8, 4) is 0 Å². The SMILES string of the molecule is O=C(CCC1CCCCC1)C(C(F)(F)F)C(F)(F)F. The Morgan fingerprint density at radius 1 is 0.947 bits per heavy atom. The summed E-state index contributed by atoms with van der Waals surface area (Å²) in [6, 6.07) is 0. The fourth-order valence-corrected chi connectivity index (χ4v) is 2.52. The first-order valence-corrected chi connectivity index (χ1v) is 6.28. The second-order valence-corrected chi connectivity index (χ2v) is 5.03. The van der Waals surface area contributed by atoms with Gasteiger partial charge in [0.2, 0.25) is 5.92 Å². The van der Waals surface area contributed by atoms with Crippen LogP contribution in [0.25, 0.3) is 0 Å². The normalized spacial score (nSPS) is 18.9. The Morgan fingerprint density at radius 2 is 1.42 bits per heavy atom. The minimum absolute atomic E-state index is 0.0832. The maximum absolute atomic E-state index is 12.3. The maximum atomic E-state index is 12.3. The van der Waals surface area contributed by atoms with Crippen LogP contribution in [0.2, 0.25) is 0 Å². The van der Waals surface area contributed by atoms with Crippen LogP contribution in [-0.4, -0.2) is 18.1 Å². The predicted octanol–water partition coefficient (Wildman–Crippen LogP) is 4.66. The Labute approximate surface area is 107 Å². The minimum Gasteiger partial charge on any atom is -0.299 e. The van der Waals surface area contributed by atoms with Crippen molar-refractivity contribution < 1.29 is 31.1 Å². The Hall–Kier alpha value is -0.750. The first-order chi connectivity index (χ1) is 8.62. The summed E-state index contributed by atoms with van der Waals surface area (Å²) in [7, 11) is 0. The number of halogens is 6. The molecule has 0 aliphatic heterocycles. The zero-order valence-corrected chi connectivity index (χ0v) is 10.3. The highest BCUT2D eigenvalue weighted by Gasteiger charge is 2.60. The molecule has 1 saturated carbocycles. The summed E-state index contributed by atoms with van der Waals surface area (Å²) < 4.78 is 73.7. The third-order valence-electron chi connectivity index (χ3n) is 3.50. The van der Waals surface area contributed by atoms with E-state index in [9.17, 15) is 31.1 Å². The lowest BCUT2D eigenvalue weighted by Crippen LogP contribution is -2.42. The summed E-state index contributed by atoms with van der Waals surface area (Å²) in [5.74, 6) is -5.51. The van der Waals surface area contributed by atoms with E-state index >= 15 is 0 Å². The fraction of sp³-hybridized carbons (Fsp3) is 0.917. The zero-order valence-electron chi connectivity index (χ0n) is 10.3. The van der Waals surface area contributed by atoms with Gasteiger partial charge in [0.25, 0.3) is 0 Å². The largest absolute Gasteiger partial charge is 0.407 e. The van der Waals surface area contributed by atoms with Crippen molar-refractivity contribution >= 4 is 5.78 Å². The van der Waals surface area contributed by atoms with Crippen molar-refractivity contribution in [2.45, 2.75) is 57.3 Å². The predicted molar refractivity (Wildman–Crippen MR) is 56.4 cm³/mol. The molecule has 0 aromatic heterocycles. The molecular formula is C12H16F6O. The lowest BCUT2D eigenvalue weighted by atomic mass is 9.84. The number of Topliss-reactive ketones (excluding diaryl/α,β-unsaturated/α-hetero) is 1. The van der Waals surface area contributed by atoms with Gasteiger partial charge in [0.1, 0.15) is 0 Å². The Balaban J connectivity index is 2.57. The summed E-state index contributed by atoms with van der Waals surface area (Å²) in [5.41, 5.74) is 0. The van der Waals surface area contributed by atoms with Crippen LogP contribution < -0.4 is 0 Å². The van der Waals surface area contributed by atoms with Crippen molar-refractivity contribution in [2.75, 3.05) is 0 Å². The summed E-state index contributed by atoms with van der Waals surface area (Å²) in [4.78, 5) is 11.2. The molecule has 0 N–H and O–H groups in total. The highest BCUT2D eigenvalue weighted by molar-refractivity contribution is 5.82. The Morgan fingerprint density at radius 3 is 1.84 bits per heavy atom. The summed E-state index contributed by atoms with van der Waals surface area (Å²) in [6.07, 6.45) is -7.15. The van der Waals surface area contributed by atoms with E-state index in [1.165, 1.54) is 0 Å². The lowest BCUT2D eigenvalue weighted by Gasteiger charge is -2.24. The number of hydrogen-bond acceptors (Lipinski definition) is 1. The van der Waals surface area contributed by atoms with Crippen LogP contribution in [0.15, 0.2) is 0 Å². The van der Waals surface area contributed by atoms with Gasteiger partial charge in [-0.05, 0) is 12.3 Å². The van der Waals surface area contributed by atoms with Gasteiger partial charge in [0, 0.05) is 6.42 Å². The molecule has 0 heterocycles. The maximum Gasteiger partial charge on any atom is 0.407 e. The molecule has 0 saturated heterocycles. The molecule has 7 heteroatoms. The second kappa shape index (κ2) is 6.13. The molecule has 0 amide bonds. The Bertz CT molecular complexity index is 286.